The molecule has 316 valence electrons. The smallest absolute Gasteiger partial charge is 0.462 e. The summed E-state index contributed by atoms with van der Waals surface area (Å²) in [6, 6.07) is 0. The Hall–Kier alpha value is -3.42. The van der Waals surface area contributed by atoms with Crippen LogP contribution in [0.2, 0.25) is 0 Å². The fourth-order valence-corrected chi connectivity index (χ4v) is 10.5. The highest BCUT2D eigenvalue weighted by atomic mass is 32.7. The molecule has 5 N–H and O–H groups in total. The molecule has 6 rings (SSSR count). The summed E-state index contributed by atoms with van der Waals surface area (Å²) in [6.45, 7) is -3.79. The van der Waals surface area contributed by atoms with Crippen LogP contribution in [0, 0.1) is 17.8 Å². The quantitative estimate of drug-likeness (QED) is 0.0719. The van der Waals surface area contributed by atoms with Gasteiger partial charge in [0.2, 0.25) is 5.79 Å². The SMILES string of the molecule is CC(=O)OC[C@H](OC(C)=O)C1C(OC(C)=O)C(O)C2C(OP(=O)(O)OP(=O)(S)OC[C@@]3(F)O[C@@H](n4cnc5c(N)ncnc54)[C@@](F)(C4CC4)[C@@H]3O)OC21OC(C)=O. The number of aliphatic hydroxyl groups excluding tert-OH is 2. The number of imidazole rings is 1. The first kappa shape index (κ1) is 43.2. The molecule has 0 amide bonds. The molecule has 2 saturated carbocycles. The summed E-state index contributed by atoms with van der Waals surface area (Å²) in [5.74, 6) is -14.3. The summed E-state index contributed by atoms with van der Waals surface area (Å²) >= 11 is 3.60. The van der Waals surface area contributed by atoms with Gasteiger partial charge in [-0.2, -0.15) is 4.31 Å². The number of phosphoric ester groups is 1. The lowest BCUT2D eigenvalue weighted by atomic mass is 9.85. The predicted octanol–water partition coefficient (Wildman–Crippen LogP) is 0.919. The molecule has 8 unspecified atom stereocenters. The van der Waals surface area contributed by atoms with Crippen molar-refractivity contribution >= 4 is 67.7 Å². The van der Waals surface area contributed by atoms with Crippen LogP contribution in [0.4, 0.5) is 14.6 Å². The van der Waals surface area contributed by atoms with E-state index in [1.807, 2.05) is 0 Å². The lowest BCUT2D eigenvalue weighted by Crippen LogP contribution is -2.67. The number of aromatic nitrogens is 4. The first-order chi connectivity index (χ1) is 26.4. The fourth-order valence-electron chi connectivity index (χ4n) is 7.35. The van der Waals surface area contributed by atoms with Crippen molar-refractivity contribution in [2.45, 2.75) is 94.8 Å². The number of fused-ring (bicyclic) bond motifs is 2. The molecule has 28 heteroatoms. The van der Waals surface area contributed by atoms with Crippen LogP contribution in [-0.4, -0.2) is 120 Å². The standard InChI is InChI=1S/C29H37F2N5O18P2S/c1-11(37)46-7-16(48-12(2)38)17-21(49-13(3)39)20(41)18-24(51-29(17,18)50-14(4)40)53-55(43,44)54-56(45,57)47-8-27(30)25(42)28(31,15-5-6-15)26(52-27)36-10-35-19-22(32)33-9-34-23(19)36/h9-10,15-18,20-21,24-26,41-42H,5-8H2,1-4H3,(H,43,44)(H,45,57)(H2,32,33,34)/t16-,17?,18?,20?,21?,24?,25+,26+,27+,28+,29?,56?/m0/s1. The third-order valence-electron chi connectivity index (χ3n) is 9.58. The van der Waals surface area contributed by atoms with E-state index in [0.717, 1.165) is 44.9 Å². The molecule has 2 aromatic rings. The highest BCUT2D eigenvalue weighted by molar-refractivity contribution is 8.45. The van der Waals surface area contributed by atoms with E-state index in [2.05, 4.69) is 31.5 Å². The molecule has 0 radical (unpaired) electrons. The average molecular weight is 876 g/mol. The van der Waals surface area contributed by atoms with Crippen molar-refractivity contribution in [2.24, 2.45) is 17.8 Å². The van der Waals surface area contributed by atoms with Crippen LogP contribution in [0.15, 0.2) is 12.7 Å². The zero-order valence-corrected chi connectivity index (χ0v) is 32.8. The van der Waals surface area contributed by atoms with Crippen LogP contribution in [0.25, 0.3) is 11.2 Å². The van der Waals surface area contributed by atoms with Gasteiger partial charge in [0.1, 0.15) is 55.2 Å². The maximum atomic E-state index is 16.7. The molecule has 4 heterocycles. The number of phosphoric acid groups is 1. The van der Waals surface area contributed by atoms with Gasteiger partial charge in [0, 0.05) is 33.6 Å². The van der Waals surface area contributed by atoms with E-state index in [1.165, 1.54) is 0 Å². The Balaban J connectivity index is 1.19. The third kappa shape index (κ3) is 8.14. The Kier molecular flexibility index (Phi) is 11.6. The lowest BCUT2D eigenvalue weighted by molar-refractivity contribution is -0.426. The molecule has 0 aromatic carbocycles. The first-order valence-electron chi connectivity index (χ1n) is 16.8. The molecular formula is C29H37F2N5O18P2S. The maximum Gasteiger partial charge on any atom is 0.482 e. The van der Waals surface area contributed by atoms with Crippen molar-refractivity contribution < 1.29 is 94.0 Å². The van der Waals surface area contributed by atoms with Gasteiger partial charge in [-0.05, 0) is 12.8 Å². The number of rotatable bonds is 15. The number of nitrogens with two attached hydrogens (primary N) is 1. The molecule has 2 aliphatic carbocycles. The number of anilines is 1. The van der Waals surface area contributed by atoms with Gasteiger partial charge >= 0.3 is 38.5 Å². The van der Waals surface area contributed by atoms with Gasteiger partial charge in [0.25, 0.3) is 5.85 Å². The average Bonchev–Trinajstić information content (AvgIpc) is 3.78. The first-order valence-corrected chi connectivity index (χ1v) is 21.0. The second kappa shape index (κ2) is 15.3. The van der Waals surface area contributed by atoms with Crippen molar-refractivity contribution in [3.8, 4) is 0 Å². The number of carbonyl (C=O) groups excluding carboxylic acids is 4. The number of esters is 4. The zero-order chi connectivity index (χ0) is 42.0. The molecule has 2 aliphatic heterocycles. The van der Waals surface area contributed by atoms with E-state index in [4.69, 9.17) is 43.2 Å². The summed E-state index contributed by atoms with van der Waals surface area (Å²) in [7, 11) is -5.77. The number of halogens is 2. The molecule has 57 heavy (non-hydrogen) atoms. The predicted molar refractivity (Wildman–Crippen MR) is 181 cm³/mol. The van der Waals surface area contributed by atoms with E-state index in [-0.39, 0.29) is 29.8 Å². The monoisotopic (exact) mass is 875 g/mol. The third-order valence-corrected chi connectivity index (χ3v) is 13.2. The number of thiol groups is 1. The minimum Gasteiger partial charge on any atom is -0.462 e. The summed E-state index contributed by atoms with van der Waals surface area (Å²) < 4.78 is 107. The molecule has 2 saturated heterocycles. The van der Waals surface area contributed by atoms with Crippen molar-refractivity contribution in [3.63, 3.8) is 0 Å². The summed E-state index contributed by atoms with van der Waals surface area (Å²) in [6.07, 6.45) is -9.54. The van der Waals surface area contributed by atoms with Crippen LogP contribution in [0.5, 0.6) is 0 Å². The van der Waals surface area contributed by atoms with E-state index in [1.54, 1.807) is 0 Å². The van der Waals surface area contributed by atoms with E-state index in [0.29, 0.717) is 0 Å². The Morgan fingerprint density at radius 1 is 1.05 bits per heavy atom. The Bertz CT molecular complexity index is 2050. The Labute approximate surface area is 325 Å². The number of alkyl halides is 2. The van der Waals surface area contributed by atoms with Crippen molar-refractivity contribution in [3.05, 3.63) is 12.7 Å². The number of ether oxygens (including phenoxy) is 6. The highest BCUT2D eigenvalue weighted by Crippen LogP contribution is 2.69. The molecular weight excluding hydrogens is 838 g/mol. The van der Waals surface area contributed by atoms with Crippen molar-refractivity contribution in [2.75, 3.05) is 18.9 Å². The van der Waals surface area contributed by atoms with Gasteiger partial charge in [-0.15, -0.1) is 0 Å². The zero-order valence-electron chi connectivity index (χ0n) is 30.1. The normalized spacial score (nSPS) is 35.9. The molecule has 4 aliphatic rings. The Morgan fingerprint density at radius 3 is 2.33 bits per heavy atom. The summed E-state index contributed by atoms with van der Waals surface area (Å²) in [4.78, 5) is 70.5. The van der Waals surface area contributed by atoms with E-state index < -0.39 is 124 Å². The number of nitrogens with zero attached hydrogens (tertiary/aromatic N) is 4. The topological polar surface area (TPSA) is 316 Å². The van der Waals surface area contributed by atoms with Crippen LogP contribution in [0.1, 0.15) is 46.8 Å². The minimum absolute atomic E-state index is 0.0163. The van der Waals surface area contributed by atoms with E-state index in [9.17, 15) is 43.4 Å². The van der Waals surface area contributed by atoms with Gasteiger partial charge < -0.3 is 49.3 Å². The minimum atomic E-state index is -5.77. The number of nitrogen functional groups attached to an aromatic ring is 1. The van der Waals surface area contributed by atoms with Crippen LogP contribution < -0.4 is 5.73 Å². The maximum absolute atomic E-state index is 16.7. The second-order valence-corrected chi connectivity index (χ2v) is 18.1. The number of hydrogen-bond donors (Lipinski definition) is 5. The van der Waals surface area contributed by atoms with Gasteiger partial charge in [0.15, 0.2) is 35.8 Å². The highest BCUT2D eigenvalue weighted by Gasteiger charge is 2.78. The molecule has 2 aromatic heterocycles. The van der Waals surface area contributed by atoms with Crippen molar-refractivity contribution in [1.29, 1.82) is 0 Å². The van der Waals surface area contributed by atoms with Crippen LogP contribution in [0.3, 0.4) is 0 Å². The summed E-state index contributed by atoms with van der Waals surface area (Å²) in [5.41, 5.74) is 2.91. The largest absolute Gasteiger partial charge is 0.482 e. The van der Waals surface area contributed by atoms with Gasteiger partial charge in [-0.1, -0.05) is 12.2 Å². The molecule has 13 atom stereocenters. The summed E-state index contributed by atoms with van der Waals surface area (Å²) in [5, 5.41) is 22.3. The van der Waals surface area contributed by atoms with Crippen molar-refractivity contribution in [1.82, 2.24) is 19.5 Å². The number of hydrogen-bond acceptors (Lipinski definition) is 21. The molecule has 4 fully saturated rings. The van der Waals surface area contributed by atoms with Gasteiger partial charge in [-0.3, -0.25) is 32.8 Å². The second-order valence-electron chi connectivity index (χ2n) is 13.6. The van der Waals surface area contributed by atoms with Gasteiger partial charge in [0.05, 0.1) is 6.33 Å². The number of carbonyl (C=O) groups is 4. The van der Waals surface area contributed by atoms with E-state index >= 15 is 8.78 Å². The van der Waals surface area contributed by atoms with Gasteiger partial charge in [-0.25, -0.2) is 32.9 Å². The Morgan fingerprint density at radius 2 is 1.74 bits per heavy atom. The molecule has 0 spiro atoms. The number of aliphatic hydroxyl groups is 2. The lowest BCUT2D eigenvalue weighted by Gasteiger charge is -2.52. The fraction of sp³-hybridized carbons (Fsp3) is 0.690. The molecule has 0 bridgehead atoms. The van der Waals surface area contributed by atoms with Crippen LogP contribution in [-0.2, 0) is 70.1 Å². The molecule has 23 nitrogen and oxygen atoms in total. The van der Waals surface area contributed by atoms with Crippen LogP contribution >= 0.6 is 26.9 Å².